The van der Waals surface area contributed by atoms with E-state index in [1.54, 1.807) is 7.11 Å². The van der Waals surface area contributed by atoms with E-state index < -0.39 is 0 Å². The average Bonchev–Trinajstić information content (AvgIpc) is 2.84. The molecule has 4 nitrogen and oxygen atoms in total. The molecule has 1 fully saturated rings. The van der Waals surface area contributed by atoms with Gasteiger partial charge in [0.2, 0.25) is 0 Å². The van der Waals surface area contributed by atoms with Gasteiger partial charge in [-0.05, 0) is 37.5 Å². The number of methoxy groups -OCH3 is 1. The topological polar surface area (TPSA) is 39.9 Å². The van der Waals surface area contributed by atoms with Crippen LogP contribution < -0.4 is 0 Å². The summed E-state index contributed by atoms with van der Waals surface area (Å²) in [4.78, 5) is 0. The number of hydrogen-bond donors (Lipinski definition) is 0. The highest BCUT2D eigenvalue weighted by molar-refractivity contribution is 4.99. The minimum atomic E-state index is 0.597. The summed E-state index contributed by atoms with van der Waals surface area (Å²) in [5, 5.41) is 8.38. The van der Waals surface area contributed by atoms with Gasteiger partial charge in [-0.1, -0.05) is 13.8 Å². The van der Waals surface area contributed by atoms with Gasteiger partial charge in [-0.3, -0.25) is 0 Å². The van der Waals surface area contributed by atoms with Crippen LogP contribution in [0.25, 0.3) is 0 Å². The lowest BCUT2D eigenvalue weighted by atomic mass is 9.77. The zero-order chi connectivity index (χ0) is 13.0. The summed E-state index contributed by atoms with van der Waals surface area (Å²) in [7, 11) is 1.73. The normalized spacial score (nSPS) is 24.7. The van der Waals surface area contributed by atoms with Crippen LogP contribution in [0, 0.1) is 11.8 Å². The molecule has 0 atom stereocenters. The van der Waals surface area contributed by atoms with Crippen LogP contribution in [-0.4, -0.2) is 28.5 Å². The van der Waals surface area contributed by atoms with Gasteiger partial charge in [-0.15, -0.1) is 10.2 Å². The maximum absolute atomic E-state index is 5.13. The van der Waals surface area contributed by atoms with Crippen LogP contribution >= 0.6 is 0 Å². The van der Waals surface area contributed by atoms with Crippen molar-refractivity contribution in [1.82, 2.24) is 14.8 Å². The molecule has 1 aliphatic rings. The van der Waals surface area contributed by atoms with Crippen molar-refractivity contribution in [3.05, 3.63) is 12.2 Å². The Balaban J connectivity index is 1.94. The van der Waals surface area contributed by atoms with Crippen molar-refractivity contribution in [2.24, 2.45) is 11.8 Å². The number of rotatable bonds is 5. The molecular formula is C14H25N3O. The molecular weight excluding hydrogens is 226 g/mol. The van der Waals surface area contributed by atoms with Crippen molar-refractivity contribution in [3.8, 4) is 0 Å². The van der Waals surface area contributed by atoms with E-state index in [9.17, 15) is 0 Å². The van der Waals surface area contributed by atoms with Gasteiger partial charge in [-0.25, -0.2) is 0 Å². The molecule has 1 aliphatic carbocycles. The maximum Gasteiger partial charge on any atom is 0.135 e. The Hall–Kier alpha value is -0.900. The number of aromatic nitrogens is 3. The monoisotopic (exact) mass is 251 g/mol. The predicted octanol–water partition coefficient (Wildman–Crippen LogP) is 2.85. The first-order valence-corrected chi connectivity index (χ1v) is 7.09. The Kier molecular flexibility index (Phi) is 4.75. The maximum atomic E-state index is 5.13. The van der Waals surface area contributed by atoms with E-state index in [4.69, 9.17) is 4.74 Å². The van der Waals surface area contributed by atoms with Crippen molar-refractivity contribution in [2.75, 3.05) is 13.7 Å². The standard InChI is InChI=1S/C14H25N3O/c1-11(2)12-4-6-13(7-5-12)14-16-15-10-17(14)8-9-18-3/h10-13H,4-9H2,1-3H3/t12-,13-. The Bertz CT molecular complexity index is 354. The van der Waals surface area contributed by atoms with E-state index >= 15 is 0 Å². The predicted molar refractivity (Wildman–Crippen MR) is 71.4 cm³/mol. The van der Waals surface area contributed by atoms with Gasteiger partial charge in [-0.2, -0.15) is 0 Å². The smallest absolute Gasteiger partial charge is 0.135 e. The molecule has 1 heterocycles. The fourth-order valence-electron chi connectivity index (χ4n) is 2.99. The molecule has 1 aromatic rings. The van der Waals surface area contributed by atoms with E-state index in [0.29, 0.717) is 5.92 Å². The molecule has 1 saturated carbocycles. The largest absolute Gasteiger partial charge is 0.383 e. The minimum Gasteiger partial charge on any atom is -0.383 e. The third kappa shape index (κ3) is 3.10. The molecule has 4 heteroatoms. The van der Waals surface area contributed by atoms with Gasteiger partial charge >= 0.3 is 0 Å². The highest BCUT2D eigenvalue weighted by Gasteiger charge is 2.26. The Labute approximate surface area is 110 Å². The Morgan fingerprint density at radius 3 is 2.67 bits per heavy atom. The molecule has 0 aliphatic heterocycles. The van der Waals surface area contributed by atoms with Crippen LogP contribution in [0.15, 0.2) is 6.33 Å². The van der Waals surface area contributed by atoms with Crippen LogP contribution in [0.2, 0.25) is 0 Å². The Morgan fingerprint density at radius 1 is 1.33 bits per heavy atom. The average molecular weight is 251 g/mol. The van der Waals surface area contributed by atoms with E-state index in [2.05, 4.69) is 28.6 Å². The van der Waals surface area contributed by atoms with Crippen molar-refractivity contribution in [1.29, 1.82) is 0 Å². The quantitative estimate of drug-likeness (QED) is 0.808. The highest BCUT2D eigenvalue weighted by atomic mass is 16.5. The molecule has 0 spiro atoms. The van der Waals surface area contributed by atoms with Gasteiger partial charge in [0.05, 0.1) is 6.61 Å². The summed E-state index contributed by atoms with van der Waals surface area (Å²) in [6.07, 6.45) is 7.02. The lowest BCUT2D eigenvalue weighted by Crippen LogP contribution is -2.20. The zero-order valence-electron chi connectivity index (χ0n) is 11.8. The molecule has 0 saturated heterocycles. The lowest BCUT2D eigenvalue weighted by Gasteiger charge is -2.30. The van der Waals surface area contributed by atoms with Crippen LogP contribution in [0.1, 0.15) is 51.3 Å². The van der Waals surface area contributed by atoms with Crippen LogP contribution in [0.5, 0.6) is 0 Å². The van der Waals surface area contributed by atoms with Crippen LogP contribution in [-0.2, 0) is 11.3 Å². The summed E-state index contributed by atoms with van der Waals surface area (Å²) in [6.45, 7) is 6.27. The summed E-state index contributed by atoms with van der Waals surface area (Å²) in [5.41, 5.74) is 0. The van der Waals surface area contributed by atoms with Gasteiger partial charge in [0.25, 0.3) is 0 Å². The molecule has 18 heavy (non-hydrogen) atoms. The first kappa shape index (κ1) is 13.5. The fraction of sp³-hybridized carbons (Fsp3) is 0.857. The summed E-state index contributed by atoms with van der Waals surface area (Å²) >= 11 is 0. The van der Waals surface area contributed by atoms with E-state index in [1.807, 2.05) is 6.33 Å². The molecule has 0 bridgehead atoms. The van der Waals surface area contributed by atoms with Crippen LogP contribution in [0.3, 0.4) is 0 Å². The third-order valence-electron chi connectivity index (χ3n) is 4.26. The fourth-order valence-corrected chi connectivity index (χ4v) is 2.99. The van der Waals surface area contributed by atoms with Crippen molar-refractivity contribution in [2.45, 2.75) is 52.0 Å². The third-order valence-corrected chi connectivity index (χ3v) is 4.26. The van der Waals surface area contributed by atoms with Gasteiger partial charge in [0.1, 0.15) is 12.2 Å². The molecule has 0 unspecified atom stereocenters. The molecule has 0 radical (unpaired) electrons. The second kappa shape index (κ2) is 6.32. The molecule has 1 aromatic heterocycles. The zero-order valence-corrected chi connectivity index (χ0v) is 11.8. The number of ether oxygens (including phenoxy) is 1. The molecule has 0 N–H and O–H groups in total. The first-order valence-electron chi connectivity index (χ1n) is 7.09. The van der Waals surface area contributed by atoms with Gasteiger partial charge in [0.15, 0.2) is 0 Å². The second-order valence-corrected chi connectivity index (χ2v) is 5.73. The summed E-state index contributed by atoms with van der Waals surface area (Å²) < 4.78 is 7.29. The van der Waals surface area contributed by atoms with E-state index in [1.165, 1.54) is 25.7 Å². The first-order chi connectivity index (χ1) is 8.72. The van der Waals surface area contributed by atoms with Crippen molar-refractivity contribution >= 4 is 0 Å². The van der Waals surface area contributed by atoms with Crippen molar-refractivity contribution < 1.29 is 4.74 Å². The summed E-state index contributed by atoms with van der Waals surface area (Å²) in [5.74, 6) is 3.47. The van der Waals surface area contributed by atoms with Gasteiger partial charge in [0, 0.05) is 19.6 Å². The highest BCUT2D eigenvalue weighted by Crippen LogP contribution is 2.37. The Morgan fingerprint density at radius 2 is 2.06 bits per heavy atom. The summed E-state index contributed by atoms with van der Waals surface area (Å²) in [6, 6.07) is 0. The van der Waals surface area contributed by atoms with Crippen molar-refractivity contribution in [3.63, 3.8) is 0 Å². The van der Waals surface area contributed by atoms with E-state index in [0.717, 1.165) is 30.8 Å². The second-order valence-electron chi connectivity index (χ2n) is 5.73. The van der Waals surface area contributed by atoms with Crippen LogP contribution in [0.4, 0.5) is 0 Å². The lowest BCUT2D eigenvalue weighted by molar-refractivity contribution is 0.184. The van der Waals surface area contributed by atoms with Gasteiger partial charge < -0.3 is 9.30 Å². The molecule has 102 valence electrons. The minimum absolute atomic E-state index is 0.597. The van der Waals surface area contributed by atoms with E-state index in [-0.39, 0.29) is 0 Å². The molecule has 0 amide bonds. The molecule has 0 aromatic carbocycles. The number of nitrogens with zero attached hydrogens (tertiary/aromatic N) is 3. The SMILES string of the molecule is COCCn1cnnc1[C@H]1CC[C@H](C(C)C)CC1. The molecule has 2 rings (SSSR count). The number of hydrogen-bond acceptors (Lipinski definition) is 3.